The molecule has 114 valence electrons. The summed E-state index contributed by atoms with van der Waals surface area (Å²) >= 11 is 6.75. The zero-order valence-corrected chi connectivity index (χ0v) is 16.6. The quantitative estimate of drug-likeness (QED) is 0.709. The molecule has 0 spiro atoms. The molecule has 20 heavy (non-hydrogen) atoms. The molecule has 0 aliphatic rings. The molecule has 0 saturated carbocycles. The van der Waals surface area contributed by atoms with Gasteiger partial charge in [-0.1, -0.05) is 36.7 Å². The zero-order chi connectivity index (χ0) is 15.9. The molecule has 3 nitrogen and oxygen atoms in total. The number of halogens is 2. The van der Waals surface area contributed by atoms with Gasteiger partial charge in [-0.15, -0.1) is 0 Å². The van der Waals surface area contributed by atoms with Gasteiger partial charge in [0.05, 0.1) is 4.90 Å². The lowest BCUT2D eigenvalue weighted by molar-refractivity contribution is 0.216. The minimum absolute atomic E-state index is 0.112. The van der Waals surface area contributed by atoms with Crippen molar-refractivity contribution in [3.63, 3.8) is 0 Å². The molecule has 0 saturated heterocycles. The Bertz CT molecular complexity index is 606. The Labute approximate surface area is 139 Å². The molecule has 0 aliphatic carbocycles. The third-order valence-electron chi connectivity index (χ3n) is 3.67. The van der Waals surface area contributed by atoms with Crippen molar-refractivity contribution in [2.45, 2.75) is 45.6 Å². The smallest absolute Gasteiger partial charge is 0.207 e. The van der Waals surface area contributed by atoms with Crippen LogP contribution >= 0.6 is 31.9 Å². The predicted molar refractivity (Wildman–Crippen MR) is 90.4 cm³/mol. The van der Waals surface area contributed by atoms with Crippen LogP contribution in [0.4, 0.5) is 0 Å². The first kappa shape index (κ1) is 18.1. The molecule has 0 aliphatic heterocycles. The van der Waals surface area contributed by atoms with E-state index in [2.05, 4.69) is 31.9 Å². The number of hydrogen-bond acceptors (Lipinski definition) is 2. The first-order valence-corrected chi connectivity index (χ1v) is 9.35. The summed E-state index contributed by atoms with van der Waals surface area (Å²) in [5.74, 6) is 0. The highest BCUT2D eigenvalue weighted by Crippen LogP contribution is 2.33. The van der Waals surface area contributed by atoms with E-state index in [1.807, 2.05) is 40.7 Å². The summed E-state index contributed by atoms with van der Waals surface area (Å²) in [5, 5.41) is 0. The van der Waals surface area contributed by atoms with Gasteiger partial charge >= 0.3 is 0 Å². The van der Waals surface area contributed by atoms with E-state index in [4.69, 9.17) is 0 Å². The molecule has 0 heterocycles. The Morgan fingerprint density at radius 3 is 2.10 bits per heavy atom. The summed E-state index contributed by atoms with van der Waals surface area (Å²) in [6.07, 6.45) is 0. The monoisotopic (exact) mass is 425 g/mol. The third kappa shape index (κ3) is 3.64. The molecule has 0 amide bonds. The van der Waals surface area contributed by atoms with Crippen molar-refractivity contribution in [1.82, 2.24) is 4.31 Å². The average Bonchev–Trinajstić information content (AvgIpc) is 2.30. The highest BCUT2D eigenvalue weighted by molar-refractivity contribution is 9.11. The zero-order valence-electron chi connectivity index (χ0n) is 12.7. The van der Waals surface area contributed by atoms with E-state index >= 15 is 0 Å². The first-order valence-electron chi connectivity index (χ1n) is 6.32. The van der Waals surface area contributed by atoms with Crippen molar-refractivity contribution in [2.75, 3.05) is 7.05 Å². The van der Waals surface area contributed by atoms with Crippen LogP contribution in [0.25, 0.3) is 0 Å². The van der Waals surface area contributed by atoms with Crippen molar-refractivity contribution in [2.24, 2.45) is 5.41 Å². The standard InChI is InChI=1S/C14H21Br2NO2S/c1-9-7-12(16)13(8-11(9)15)20(18,19)17(6)10(2)14(3,4)5/h7-8,10H,1-6H3. The Hall–Kier alpha value is 0.0900. The topological polar surface area (TPSA) is 37.4 Å². The van der Waals surface area contributed by atoms with Gasteiger partial charge in [-0.2, -0.15) is 4.31 Å². The lowest BCUT2D eigenvalue weighted by Crippen LogP contribution is -2.43. The minimum Gasteiger partial charge on any atom is -0.207 e. The van der Waals surface area contributed by atoms with Crippen molar-refractivity contribution in [1.29, 1.82) is 0 Å². The van der Waals surface area contributed by atoms with Gasteiger partial charge in [-0.05, 0) is 52.9 Å². The maximum absolute atomic E-state index is 12.8. The Balaban J connectivity index is 3.34. The van der Waals surface area contributed by atoms with Crippen LogP contribution in [0.5, 0.6) is 0 Å². The summed E-state index contributed by atoms with van der Waals surface area (Å²) in [7, 11) is -1.90. The Morgan fingerprint density at radius 1 is 1.15 bits per heavy atom. The highest BCUT2D eigenvalue weighted by atomic mass is 79.9. The molecule has 0 aromatic heterocycles. The van der Waals surface area contributed by atoms with Gasteiger partial charge < -0.3 is 0 Å². The van der Waals surface area contributed by atoms with E-state index in [0.717, 1.165) is 10.0 Å². The van der Waals surface area contributed by atoms with Crippen LogP contribution in [0.1, 0.15) is 33.3 Å². The van der Waals surface area contributed by atoms with Crippen LogP contribution in [-0.2, 0) is 10.0 Å². The highest BCUT2D eigenvalue weighted by Gasteiger charge is 2.33. The third-order valence-corrected chi connectivity index (χ3v) is 7.41. The van der Waals surface area contributed by atoms with E-state index < -0.39 is 10.0 Å². The van der Waals surface area contributed by atoms with Crippen molar-refractivity contribution in [3.8, 4) is 0 Å². The van der Waals surface area contributed by atoms with Gasteiger partial charge in [0.25, 0.3) is 0 Å². The molecule has 0 bridgehead atoms. The molecular formula is C14H21Br2NO2S. The molecule has 0 fully saturated rings. The number of benzene rings is 1. The second-order valence-corrected chi connectivity index (χ2v) is 9.77. The van der Waals surface area contributed by atoms with Gasteiger partial charge in [0.1, 0.15) is 0 Å². The molecule has 1 aromatic rings. The molecule has 1 atom stereocenters. The maximum atomic E-state index is 12.8. The van der Waals surface area contributed by atoms with Crippen molar-refractivity contribution >= 4 is 41.9 Å². The van der Waals surface area contributed by atoms with E-state index in [9.17, 15) is 8.42 Å². The summed E-state index contributed by atoms with van der Waals surface area (Å²) < 4.78 is 28.4. The summed E-state index contributed by atoms with van der Waals surface area (Å²) in [5.41, 5.74) is 0.860. The molecule has 0 radical (unpaired) electrons. The second-order valence-electron chi connectivity index (χ2n) is 6.10. The molecule has 1 rings (SSSR count). The number of aryl methyl sites for hydroxylation is 1. The van der Waals surface area contributed by atoms with E-state index in [0.29, 0.717) is 4.47 Å². The van der Waals surface area contributed by atoms with E-state index in [1.165, 1.54) is 4.31 Å². The van der Waals surface area contributed by atoms with Gasteiger partial charge in [-0.3, -0.25) is 0 Å². The Morgan fingerprint density at radius 2 is 1.65 bits per heavy atom. The number of sulfonamides is 1. The van der Waals surface area contributed by atoms with Gasteiger partial charge in [0.15, 0.2) is 0 Å². The molecule has 0 N–H and O–H groups in total. The fourth-order valence-corrected chi connectivity index (χ4v) is 4.92. The van der Waals surface area contributed by atoms with E-state index in [-0.39, 0.29) is 16.4 Å². The van der Waals surface area contributed by atoms with Crippen LogP contribution in [-0.4, -0.2) is 25.8 Å². The Kier molecular flexibility index (Phi) is 5.50. The van der Waals surface area contributed by atoms with Gasteiger partial charge in [0, 0.05) is 22.0 Å². The van der Waals surface area contributed by atoms with Crippen LogP contribution < -0.4 is 0 Å². The van der Waals surface area contributed by atoms with Crippen LogP contribution in [0.3, 0.4) is 0 Å². The fraction of sp³-hybridized carbons (Fsp3) is 0.571. The lowest BCUT2D eigenvalue weighted by atomic mass is 9.88. The number of rotatable bonds is 3. The van der Waals surface area contributed by atoms with E-state index in [1.54, 1.807) is 13.1 Å². The molecule has 1 unspecified atom stereocenters. The first-order chi connectivity index (χ1) is 8.89. The summed E-state index contributed by atoms with van der Waals surface area (Å²) in [6, 6.07) is 3.35. The maximum Gasteiger partial charge on any atom is 0.244 e. The summed E-state index contributed by atoms with van der Waals surface area (Å²) in [4.78, 5) is 0.286. The van der Waals surface area contributed by atoms with Crippen LogP contribution in [0.2, 0.25) is 0 Å². The van der Waals surface area contributed by atoms with Crippen LogP contribution in [0.15, 0.2) is 26.0 Å². The summed E-state index contributed by atoms with van der Waals surface area (Å²) in [6.45, 7) is 9.94. The largest absolute Gasteiger partial charge is 0.244 e. The SMILES string of the molecule is Cc1cc(Br)c(S(=O)(=O)N(C)C(C)C(C)(C)C)cc1Br. The number of nitrogens with zero attached hydrogens (tertiary/aromatic N) is 1. The van der Waals surface area contributed by atoms with Crippen LogP contribution in [0, 0.1) is 12.3 Å². The lowest BCUT2D eigenvalue weighted by Gasteiger charge is -2.34. The normalized spacial score (nSPS) is 14.7. The average molecular weight is 427 g/mol. The van der Waals surface area contributed by atoms with Crippen molar-refractivity contribution in [3.05, 3.63) is 26.6 Å². The molecular weight excluding hydrogens is 406 g/mol. The predicted octanol–water partition coefficient (Wildman–Crippen LogP) is 4.58. The number of hydrogen-bond donors (Lipinski definition) is 0. The molecule has 6 heteroatoms. The second kappa shape index (κ2) is 6.07. The fourth-order valence-electron chi connectivity index (χ4n) is 1.73. The molecule has 1 aromatic carbocycles. The van der Waals surface area contributed by atoms with Gasteiger partial charge in [0.2, 0.25) is 10.0 Å². The minimum atomic E-state index is -3.53. The van der Waals surface area contributed by atoms with Crippen molar-refractivity contribution < 1.29 is 8.42 Å². The van der Waals surface area contributed by atoms with Gasteiger partial charge in [-0.25, -0.2) is 8.42 Å².